The van der Waals surface area contributed by atoms with Gasteiger partial charge < -0.3 is 14.4 Å². The van der Waals surface area contributed by atoms with Gasteiger partial charge in [0.2, 0.25) is 5.91 Å². The number of hydrogen-bond acceptors (Lipinski definition) is 5. The predicted molar refractivity (Wildman–Crippen MR) is 113 cm³/mol. The van der Waals surface area contributed by atoms with Crippen LogP contribution in [0.2, 0.25) is 0 Å². The minimum absolute atomic E-state index is 0.0114. The number of likely N-dealkylation sites (tertiary alicyclic amines) is 1. The van der Waals surface area contributed by atoms with Crippen molar-refractivity contribution in [2.75, 3.05) is 13.7 Å². The average molecular weight is 408 g/mol. The molecule has 2 aliphatic rings. The third-order valence-corrected chi connectivity index (χ3v) is 6.16. The summed E-state index contributed by atoms with van der Waals surface area (Å²) in [6, 6.07) is 12.0. The number of amides is 1. The van der Waals surface area contributed by atoms with Crippen molar-refractivity contribution >= 4 is 11.9 Å². The zero-order valence-electron chi connectivity index (χ0n) is 18.0. The van der Waals surface area contributed by atoms with E-state index >= 15 is 0 Å². The molecule has 0 aliphatic carbocycles. The molecule has 2 aliphatic heterocycles. The first-order chi connectivity index (χ1) is 14.3. The van der Waals surface area contributed by atoms with Gasteiger partial charge >= 0.3 is 5.97 Å². The van der Waals surface area contributed by atoms with Crippen molar-refractivity contribution < 1.29 is 19.1 Å². The number of aromatic nitrogens is 1. The van der Waals surface area contributed by atoms with Crippen LogP contribution in [0.5, 0.6) is 5.75 Å². The minimum atomic E-state index is -0.768. The molecule has 2 fully saturated rings. The number of aryl methyl sites for hydroxylation is 1. The summed E-state index contributed by atoms with van der Waals surface area (Å²) in [4.78, 5) is 31.8. The molecule has 0 spiro atoms. The molecular weight excluding hydrogens is 380 g/mol. The summed E-state index contributed by atoms with van der Waals surface area (Å²) in [5.74, 6) is 0.0527. The molecular formula is C24H28N2O4. The normalized spacial score (nSPS) is 22.8. The number of cyclic esters (lactones) is 1. The van der Waals surface area contributed by atoms with Crippen LogP contribution >= 0.6 is 0 Å². The number of rotatable bonds is 4. The Morgan fingerprint density at radius 3 is 2.57 bits per heavy atom. The lowest BCUT2D eigenvalue weighted by atomic mass is 9.89. The Hall–Kier alpha value is -2.89. The summed E-state index contributed by atoms with van der Waals surface area (Å²) in [6.45, 7) is 6.29. The monoisotopic (exact) mass is 408 g/mol. The molecule has 0 N–H and O–H groups in total. The molecule has 1 aromatic heterocycles. The van der Waals surface area contributed by atoms with Gasteiger partial charge in [-0.3, -0.25) is 14.6 Å². The van der Waals surface area contributed by atoms with Gasteiger partial charge in [0, 0.05) is 12.2 Å². The summed E-state index contributed by atoms with van der Waals surface area (Å²) in [7, 11) is 1.65. The second-order valence-electron chi connectivity index (χ2n) is 8.67. The highest BCUT2D eigenvalue weighted by molar-refractivity contribution is 5.88. The maximum absolute atomic E-state index is 13.4. The third kappa shape index (κ3) is 3.78. The van der Waals surface area contributed by atoms with Gasteiger partial charge in [0.25, 0.3) is 0 Å². The SMILES string of the molecule is COc1ccc(-c2cc(C)nc(C3CCCN3C(=O)C3CC(=O)OC3(C)C)c2)cc1. The summed E-state index contributed by atoms with van der Waals surface area (Å²) in [6.07, 6.45) is 1.94. The second kappa shape index (κ2) is 7.74. The Morgan fingerprint density at radius 1 is 1.20 bits per heavy atom. The number of methoxy groups -OCH3 is 1. The van der Waals surface area contributed by atoms with Crippen LogP contribution in [0.15, 0.2) is 36.4 Å². The molecule has 1 aromatic carbocycles. The molecule has 6 nitrogen and oxygen atoms in total. The van der Waals surface area contributed by atoms with Crippen molar-refractivity contribution in [3.63, 3.8) is 0 Å². The van der Waals surface area contributed by atoms with Gasteiger partial charge in [0.1, 0.15) is 11.4 Å². The first-order valence-electron chi connectivity index (χ1n) is 10.4. The van der Waals surface area contributed by atoms with E-state index in [0.717, 1.165) is 41.1 Å². The van der Waals surface area contributed by atoms with Gasteiger partial charge in [-0.25, -0.2) is 0 Å². The fourth-order valence-electron chi connectivity index (χ4n) is 4.56. The van der Waals surface area contributed by atoms with Crippen LogP contribution in [0.3, 0.4) is 0 Å². The molecule has 6 heteroatoms. The van der Waals surface area contributed by atoms with Gasteiger partial charge in [-0.2, -0.15) is 0 Å². The van der Waals surface area contributed by atoms with Gasteiger partial charge in [0.05, 0.1) is 31.2 Å². The first kappa shape index (κ1) is 20.4. The molecule has 0 saturated carbocycles. The number of benzene rings is 1. The number of hydrogen-bond donors (Lipinski definition) is 0. The fourth-order valence-corrected chi connectivity index (χ4v) is 4.56. The number of nitrogens with zero attached hydrogens (tertiary/aromatic N) is 2. The molecule has 2 unspecified atom stereocenters. The zero-order chi connectivity index (χ0) is 21.5. The molecule has 1 amide bonds. The molecule has 2 aromatic rings. The van der Waals surface area contributed by atoms with Gasteiger partial charge in [-0.1, -0.05) is 12.1 Å². The van der Waals surface area contributed by atoms with Crippen LogP contribution in [0.1, 0.15) is 50.5 Å². The number of esters is 1. The Kier molecular flexibility index (Phi) is 5.26. The lowest BCUT2D eigenvalue weighted by Gasteiger charge is -2.31. The standard InChI is InChI=1S/C24H28N2O4/c1-15-12-17(16-7-9-18(29-4)10-8-16)13-20(25-15)21-6-5-11-26(21)23(28)19-14-22(27)30-24(19,2)3/h7-10,12-13,19,21H,5-6,11,14H2,1-4H3. The maximum atomic E-state index is 13.4. The van der Waals surface area contributed by atoms with Crippen molar-refractivity contribution in [2.24, 2.45) is 5.92 Å². The van der Waals surface area contributed by atoms with Gasteiger partial charge in [-0.15, -0.1) is 0 Å². The first-order valence-corrected chi connectivity index (χ1v) is 10.4. The number of ether oxygens (including phenoxy) is 2. The van der Waals surface area contributed by atoms with Crippen molar-refractivity contribution in [1.82, 2.24) is 9.88 Å². The third-order valence-electron chi connectivity index (χ3n) is 6.16. The molecule has 158 valence electrons. The fraction of sp³-hybridized carbons (Fsp3) is 0.458. The van der Waals surface area contributed by atoms with E-state index in [2.05, 4.69) is 12.1 Å². The molecule has 0 bridgehead atoms. The molecule has 2 saturated heterocycles. The number of pyridine rings is 1. The average Bonchev–Trinajstić information content (AvgIpc) is 3.30. The van der Waals surface area contributed by atoms with E-state index in [0.29, 0.717) is 6.54 Å². The summed E-state index contributed by atoms with van der Waals surface area (Å²) in [5.41, 5.74) is 3.19. The largest absolute Gasteiger partial charge is 0.497 e. The molecule has 30 heavy (non-hydrogen) atoms. The van der Waals surface area contributed by atoms with Crippen LogP contribution in [0, 0.1) is 12.8 Å². The smallest absolute Gasteiger partial charge is 0.307 e. The minimum Gasteiger partial charge on any atom is -0.497 e. The van der Waals surface area contributed by atoms with Crippen LogP contribution in [-0.4, -0.2) is 41.0 Å². The van der Waals surface area contributed by atoms with Crippen LogP contribution < -0.4 is 4.74 Å². The van der Waals surface area contributed by atoms with E-state index in [1.807, 2.05) is 49.9 Å². The maximum Gasteiger partial charge on any atom is 0.307 e. The van der Waals surface area contributed by atoms with E-state index in [1.165, 1.54) is 0 Å². The van der Waals surface area contributed by atoms with Crippen LogP contribution in [0.25, 0.3) is 11.1 Å². The quantitative estimate of drug-likeness (QED) is 0.714. The van der Waals surface area contributed by atoms with E-state index in [1.54, 1.807) is 7.11 Å². The zero-order valence-corrected chi connectivity index (χ0v) is 18.0. The van der Waals surface area contributed by atoms with E-state index in [-0.39, 0.29) is 24.3 Å². The van der Waals surface area contributed by atoms with Crippen molar-refractivity contribution in [1.29, 1.82) is 0 Å². The summed E-state index contributed by atoms with van der Waals surface area (Å²) < 4.78 is 10.6. The Morgan fingerprint density at radius 2 is 1.93 bits per heavy atom. The lowest BCUT2D eigenvalue weighted by molar-refractivity contribution is -0.149. The van der Waals surface area contributed by atoms with E-state index in [9.17, 15) is 9.59 Å². The van der Waals surface area contributed by atoms with Crippen molar-refractivity contribution in [3.8, 4) is 16.9 Å². The second-order valence-corrected chi connectivity index (χ2v) is 8.67. The number of carbonyl (C=O) groups is 2. The Labute approximate surface area is 177 Å². The van der Waals surface area contributed by atoms with E-state index < -0.39 is 11.5 Å². The van der Waals surface area contributed by atoms with Gasteiger partial charge in [-0.05, 0) is 69.0 Å². The Balaban J connectivity index is 1.63. The molecule has 2 atom stereocenters. The summed E-state index contributed by atoms with van der Waals surface area (Å²) in [5, 5.41) is 0. The lowest BCUT2D eigenvalue weighted by Crippen LogP contribution is -2.43. The summed E-state index contributed by atoms with van der Waals surface area (Å²) >= 11 is 0. The highest BCUT2D eigenvalue weighted by Gasteiger charge is 2.49. The highest BCUT2D eigenvalue weighted by atomic mass is 16.6. The predicted octanol–water partition coefficient (Wildman–Crippen LogP) is 4.07. The topological polar surface area (TPSA) is 68.7 Å². The van der Waals surface area contributed by atoms with Crippen molar-refractivity contribution in [3.05, 3.63) is 47.8 Å². The highest BCUT2D eigenvalue weighted by Crippen LogP contribution is 2.39. The molecule has 0 radical (unpaired) electrons. The van der Waals surface area contributed by atoms with Crippen LogP contribution in [-0.2, 0) is 14.3 Å². The molecule has 4 rings (SSSR count). The number of carbonyl (C=O) groups excluding carboxylic acids is 2. The van der Waals surface area contributed by atoms with Gasteiger partial charge in [0.15, 0.2) is 0 Å². The Bertz CT molecular complexity index is 968. The van der Waals surface area contributed by atoms with Crippen LogP contribution in [0.4, 0.5) is 0 Å². The van der Waals surface area contributed by atoms with E-state index in [4.69, 9.17) is 14.5 Å². The van der Waals surface area contributed by atoms with Crippen molar-refractivity contribution in [2.45, 2.75) is 51.7 Å². The molecule has 3 heterocycles.